The molecule has 0 heterocycles. The van der Waals surface area contributed by atoms with E-state index in [1.165, 1.54) is 17.7 Å². The highest BCUT2D eigenvalue weighted by Gasteiger charge is 2.37. The van der Waals surface area contributed by atoms with Crippen LogP contribution in [0.25, 0.3) is 0 Å². The molecule has 4 rings (SSSR count). The van der Waals surface area contributed by atoms with E-state index in [0.717, 1.165) is 30.2 Å². The molecule has 3 atom stereocenters. The maximum atomic E-state index is 14.0. The number of allylic oxidation sites excluding steroid dienone is 1. The molecule has 1 aliphatic rings. The summed E-state index contributed by atoms with van der Waals surface area (Å²) in [4.78, 5) is 18.6. The van der Waals surface area contributed by atoms with Gasteiger partial charge in [-0.15, -0.1) is 0 Å². The zero-order chi connectivity index (χ0) is 30.3. The minimum absolute atomic E-state index is 0.0372. The maximum absolute atomic E-state index is 14.0. The average molecular weight is 578 g/mol. The molecule has 8 heteroatoms. The summed E-state index contributed by atoms with van der Waals surface area (Å²) in [6.07, 6.45) is 2.98. The Bertz CT molecular complexity index is 1370. The number of anilines is 1. The molecule has 0 aliphatic heterocycles. The SMILES string of the molecule is CONC1=CCC(NCC(O)C(Cc2cc(F)cc(F)c2)C(=O)Nc2ccccc2)(c2cccc(C(C)(C)C)c2)CC1. The largest absolute Gasteiger partial charge is 0.391 e. The number of benzene rings is 3. The molecule has 0 aromatic heterocycles. The van der Waals surface area contributed by atoms with Crippen molar-refractivity contribution in [3.63, 3.8) is 0 Å². The van der Waals surface area contributed by atoms with Gasteiger partial charge >= 0.3 is 0 Å². The van der Waals surface area contributed by atoms with Crippen LogP contribution in [0.15, 0.2) is 84.6 Å². The van der Waals surface area contributed by atoms with Crippen LogP contribution in [0, 0.1) is 17.6 Å². The maximum Gasteiger partial charge on any atom is 0.230 e. The van der Waals surface area contributed by atoms with Crippen molar-refractivity contribution in [3.8, 4) is 0 Å². The van der Waals surface area contributed by atoms with E-state index in [4.69, 9.17) is 4.84 Å². The van der Waals surface area contributed by atoms with Gasteiger partial charge in [-0.25, -0.2) is 8.78 Å². The van der Waals surface area contributed by atoms with Gasteiger partial charge in [0.05, 0.1) is 19.1 Å². The number of nitrogens with one attached hydrogen (secondary N) is 3. The second-order valence-electron chi connectivity index (χ2n) is 12.0. The van der Waals surface area contributed by atoms with E-state index in [-0.39, 0.29) is 18.4 Å². The Balaban J connectivity index is 1.62. The van der Waals surface area contributed by atoms with Crippen LogP contribution in [-0.4, -0.2) is 30.8 Å². The van der Waals surface area contributed by atoms with Crippen LogP contribution in [0.5, 0.6) is 0 Å². The van der Waals surface area contributed by atoms with Gasteiger partial charge in [0.1, 0.15) is 11.6 Å². The van der Waals surface area contributed by atoms with Gasteiger partial charge in [0.2, 0.25) is 5.91 Å². The zero-order valence-corrected chi connectivity index (χ0v) is 24.7. The van der Waals surface area contributed by atoms with Crippen LogP contribution in [0.4, 0.5) is 14.5 Å². The van der Waals surface area contributed by atoms with Crippen LogP contribution in [0.2, 0.25) is 0 Å². The molecule has 1 aliphatic carbocycles. The highest BCUT2D eigenvalue weighted by molar-refractivity contribution is 5.93. The number of amides is 1. The molecule has 6 nitrogen and oxygen atoms in total. The third-order valence-corrected chi connectivity index (χ3v) is 7.90. The predicted octanol–water partition coefficient (Wildman–Crippen LogP) is 6.12. The average Bonchev–Trinajstić information content (AvgIpc) is 2.95. The van der Waals surface area contributed by atoms with Gasteiger partial charge in [-0.3, -0.25) is 15.1 Å². The first-order chi connectivity index (χ1) is 20.0. The molecule has 1 amide bonds. The van der Waals surface area contributed by atoms with Crippen LogP contribution in [-0.2, 0) is 27.0 Å². The van der Waals surface area contributed by atoms with Crippen molar-refractivity contribution in [1.82, 2.24) is 10.8 Å². The first-order valence-corrected chi connectivity index (χ1v) is 14.3. The fraction of sp³-hybridized carbons (Fsp3) is 0.382. The summed E-state index contributed by atoms with van der Waals surface area (Å²) < 4.78 is 28.0. The molecule has 224 valence electrons. The zero-order valence-electron chi connectivity index (χ0n) is 24.7. The molecule has 3 aromatic rings. The number of hydroxylamine groups is 1. The van der Waals surface area contributed by atoms with Crippen molar-refractivity contribution in [2.24, 2.45) is 5.92 Å². The van der Waals surface area contributed by atoms with E-state index in [1.54, 1.807) is 31.4 Å². The van der Waals surface area contributed by atoms with E-state index in [0.29, 0.717) is 17.7 Å². The Morgan fingerprint density at radius 1 is 1.02 bits per heavy atom. The third-order valence-electron chi connectivity index (χ3n) is 7.90. The van der Waals surface area contributed by atoms with Crippen LogP contribution >= 0.6 is 0 Å². The number of aliphatic hydroxyl groups is 1. The fourth-order valence-electron chi connectivity index (χ4n) is 5.47. The van der Waals surface area contributed by atoms with Crippen LogP contribution in [0.3, 0.4) is 0 Å². The van der Waals surface area contributed by atoms with Crippen molar-refractivity contribution in [1.29, 1.82) is 0 Å². The van der Waals surface area contributed by atoms with Crippen LogP contribution in [0.1, 0.15) is 56.7 Å². The number of hydrogen-bond acceptors (Lipinski definition) is 5. The summed E-state index contributed by atoms with van der Waals surface area (Å²) in [7, 11) is 1.58. The fourth-order valence-corrected chi connectivity index (χ4v) is 5.47. The Kier molecular flexibility index (Phi) is 10.1. The van der Waals surface area contributed by atoms with Gasteiger partial charge in [-0.2, -0.15) is 0 Å². The molecular weight excluding hydrogens is 536 g/mol. The lowest BCUT2D eigenvalue weighted by molar-refractivity contribution is -0.123. The Labute approximate surface area is 247 Å². The number of carbonyl (C=O) groups is 1. The quantitative estimate of drug-likeness (QED) is 0.206. The summed E-state index contributed by atoms with van der Waals surface area (Å²) in [5.41, 5.74) is 6.51. The van der Waals surface area contributed by atoms with Crippen molar-refractivity contribution in [2.75, 3.05) is 19.0 Å². The highest BCUT2D eigenvalue weighted by Crippen LogP contribution is 2.38. The molecule has 4 N–H and O–H groups in total. The predicted molar refractivity (Wildman–Crippen MR) is 162 cm³/mol. The van der Waals surface area contributed by atoms with Crippen molar-refractivity contribution in [2.45, 2.75) is 63.5 Å². The molecule has 0 saturated carbocycles. The minimum atomic E-state index is -1.15. The van der Waals surface area contributed by atoms with Gasteiger partial charge in [0.15, 0.2) is 0 Å². The molecular formula is C34H41F2N3O3. The summed E-state index contributed by atoms with van der Waals surface area (Å²) in [6, 6.07) is 20.6. The van der Waals surface area contributed by atoms with E-state index >= 15 is 0 Å². The van der Waals surface area contributed by atoms with E-state index in [9.17, 15) is 18.7 Å². The van der Waals surface area contributed by atoms with Gasteiger partial charge in [0.25, 0.3) is 0 Å². The summed E-state index contributed by atoms with van der Waals surface area (Å²) in [5.74, 6) is -2.86. The molecule has 3 unspecified atom stereocenters. The van der Waals surface area contributed by atoms with E-state index < -0.39 is 35.1 Å². The molecule has 0 spiro atoms. The minimum Gasteiger partial charge on any atom is -0.391 e. The number of carbonyl (C=O) groups excluding carboxylic acids is 1. The molecule has 42 heavy (non-hydrogen) atoms. The Hall–Kier alpha value is -3.59. The number of hydrogen-bond donors (Lipinski definition) is 4. The lowest BCUT2D eigenvalue weighted by Gasteiger charge is -2.40. The van der Waals surface area contributed by atoms with Crippen LogP contribution < -0.4 is 16.1 Å². The third kappa shape index (κ3) is 8.03. The Morgan fingerprint density at radius 3 is 2.36 bits per heavy atom. The topological polar surface area (TPSA) is 82.6 Å². The summed E-state index contributed by atoms with van der Waals surface area (Å²) in [6.45, 7) is 6.60. The molecule has 0 saturated heterocycles. The van der Waals surface area contributed by atoms with Crippen molar-refractivity contribution >= 4 is 11.6 Å². The summed E-state index contributed by atoms with van der Waals surface area (Å²) >= 11 is 0. The van der Waals surface area contributed by atoms with Crippen molar-refractivity contribution in [3.05, 3.63) is 113 Å². The monoisotopic (exact) mass is 577 g/mol. The standard InChI is InChI=1S/C34H41F2N3O3/c1-33(2,3)24-9-8-10-25(20-24)34(15-13-29(14-16-34)39-42-4)37-22-31(40)30(19-23-17-26(35)21-27(36)18-23)32(41)38-28-11-6-5-7-12-28/h5-13,17-18,20-21,30-31,37,39-40H,14-16,19,22H2,1-4H3,(H,38,41). The number of halogens is 2. The normalized spacial score (nSPS) is 18.6. The summed E-state index contributed by atoms with van der Waals surface area (Å²) in [5, 5.41) is 18.0. The Morgan fingerprint density at radius 2 is 1.74 bits per heavy atom. The van der Waals surface area contributed by atoms with Gasteiger partial charge in [-0.1, -0.05) is 69.3 Å². The molecule has 0 fully saturated rings. The number of rotatable bonds is 11. The first kappa shape index (κ1) is 31.3. The second kappa shape index (κ2) is 13.6. The second-order valence-corrected chi connectivity index (χ2v) is 12.0. The number of para-hydroxylation sites is 1. The number of aliphatic hydroxyl groups excluding tert-OH is 1. The van der Waals surface area contributed by atoms with E-state index in [2.05, 4.69) is 67.2 Å². The lowest BCUT2D eigenvalue weighted by Crippen LogP contribution is -2.50. The van der Waals surface area contributed by atoms with Gasteiger partial charge in [0, 0.05) is 29.5 Å². The van der Waals surface area contributed by atoms with Crippen molar-refractivity contribution < 1.29 is 23.5 Å². The van der Waals surface area contributed by atoms with Gasteiger partial charge in [-0.05, 0) is 72.1 Å². The lowest BCUT2D eigenvalue weighted by atomic mass is 9.76. The molecule has 0 bridgehead atoms. The highest BCUT2D eigenvalue weighted by atomic mass is 19.1. The smallest absolute Gasteiger partial charge is 0.230 e. The van der Waals surface area contributed by atoms with Gasteiger partial charge < -0.3 is 15.7 Å². The molecule has 3 aromatic carbocycles. The molecule has 0 radical (unpaired) electrons. The first-order valence-electron chi connectivity index (χ1n) is 14.3. The van der Waals surface area contributed by atoms with E-state index in [1.807, 2.05) is 6.07 Å².